The molecule has 2 aromatic heterocycles. The summed E-state index contributed by atoms with van der Waals surface area (Å²) >= 11 is 0. The number of nitrogens with one attached hydrogen (secondary N) is 2. The van der Waals surface area contributed by atoms with E-state index in [4.69, 9.17) is 4.74 Å². The van der Waals surface area contributed by atoms with Gasteiger partial charge in [-0.25, -0.2) is 4.79 Å². The van der Waals surface area contributed by atoms with Gasteiger partial charge in [0.2, 0.25) is 0 Å². The van der Waals surface area contributed by atoms with Crippen molar-refractivity contribution >= 4 is 11.8 Å². The number of aromatic nitrogens is 2. The molecule has 0 atom stereocenters. The van der Waals surface area contributed by atoms with Crippen LogP contribution in [-0.2, 0) is 11.2 Å². The van der Waals surface area contributed by atoms with Gasteiger partial charge in [-0.3, -0.25) is 4.79 Å². The van der Waals surface area contributed by atoms with Crippen molar-refractivity contribution in [3.63, 3.8) is 0 Å². The summed E-state index contributed by atoms with van der Waals surface area (Å²) < 4.78 is 5.05. The van der Waals surface area contributed by atoms with Crippen molar-refractivity contribution < 1.29 is 14.3 Å². The van der Waals surface area contributed by atoms with Gasteiger partial charge in [0.05, 0.1) is 6.61 Å². The number of H-pyrrole nitrogens is 2. The second-order valence-corrected chi connectivity index (χ2v) is 5.55. The van der Waals surface area contributed by atoms with E-state index in [1.807, 2.05) is 13.8 Å². The van der Waals surface area contributed by atoms with Crippen LogP contribution in [0.1, 0.15) is 62.9 Å². The quantitative estimate of drug-likeness (QED) is 0.657. The van der Waals surface area contributed by atoms with Crippen LogP contribution in [0.2, 0.25) is 0 Å². The lowest BCUT2D eigenvalue weighted by atomic mass is 10.0. The van der Waals surface area contributed by atoms with Gasteiger partial charge in [0.15, 0.2) is 5.78 Å². The summed E-state index contributed by atoms with van der Waals surface area (Å²) in [6.07, 6.45) is 0.550. The average Bonchev–Trinajstić information content (AvgIpc) is 2.90. The normalized spacial score (nSPS) is 10.8. The maximum absolute atomic E-state index is 12.0. The predicted molar refractivity (Wildman–Crippen MR) is 84.6 cm³/mol. The number of ether oxygens (including phenoxy) is 1. The van der Waals surface area contributed by atoms with Crippen LogP contribution in [-0.4, -0.2) is 28.3 Å². The van der Waals surface area contributed by atoms with Gasteiger partial charge >= 0.3 is 5.97 Å². The highest BCUT2D eigenvalue weighted by atomic mass is 16.5. The summed E-state index contributed by atoms with van der Waals surface area (Å²) in [5.41, 5.74) is 5.59. The zero-order valence-corrected chi connectivity index (χ0v) is 13.7. The second-order valence-electron chi connectivity index (χ2n) is 5.55. The van der Waals surface area contributed by atoms with Gasteiger partial charge in [-0.2, -0.15) is 0 Å². The van der Waals surface area contributed by atoms with Crippen LogP contribution in [0.5, 0.6) is 0 Å². The van der Waals surface area contributed by atoms with Crippen molar-refractivity contribution in [2.45, 2.75) is 41.0 Å². The molecule has 2 N–H and O–H groups in total. The summed E-state index contributed by atoms with van der Waals surface area (Å²) in [5, 5.41) is 0. The number of ketones is 1. The van der Waals surface area contributed by atoms with E-state index < -0.39 is 5.97 Å². The molecule has 0 aliphatic carbocycles. The van der Waals surface area contributed by atoms with Gasteiger partial charge in [-0.05, 0) is 51.8 Å². The average molecular weight is 302 g/mol. The molecule has 0 saturated carbocycles. The summed E-state index contributed by atoms with van der Waals surface area (Å²) in [6, 6.07) is 2.06. The Bertz CT molecular complexity index is 723. The highest BCUT2D eigenvalue weighted by Crippen LogP contribution is 2.23. The maximum Gasteiger partial charge on any atom is 0.355 e. The van der Waals surface area contributed by atoms with E-state index in [0.717, 1.165) is 22.6 Å². The molecular weight excluding hydrogens is 280 g/mol. The van der Waals surface area contributed by atoms with Crippen molar-refractivity contribution in [3.05, 3.63) is 45.5 Å². The molecule has 2 aromatic rings. The molecule has 2 rings (SSSR count). The van der Waals surface area contributed by atoms with E-state index in [2.05, 4.69) is 16.0 Å². The monoisotopic (exact) mass is 302 g/mol. The fraction of sp³-hybridized carbons (Fsp3) is 0.412. The fourth-order valence-electron chi connectivity index (χ4n) is 2.82. The lowest BCUT2D eigenvalue weighted by Crippen LogP contribution is -2.07. The van der Waals surface area contributed by atoms with Crippen LogP contribution < -0.4 is 0 Å². The molecule has 0 fully saturated rings. The number of rotatable bonds is 5. The topological polar surface area (TPSA) is 75.0 Å². The first-order valence-electron chi connectivity index (χ1n) is 7.39. The third-order valence-corrected chi connectivity index (χ3v) is 3.77. The highest BCUT2D eigenvalue weighted by molar-refractivity contribution is 6.01. The van der Waals surface area contributed by atoms with Crippen molar-refractivity contribution in [2.75, 3.05) is 6.61 Å². The molecule has 5 heteroatoms. The number of aryl methyl sites for hydroxylation is 2. The minimum atomic E-state index is -0.423. The Morgan fingerprint density at radius 2 is 1.82 bits per heavy atom. The van der Waals surface area contributed by atoms with Crippen molar-refractivity contribution in [1.82, 2.24) is 9.97 Å². The van der Waals surface area contributed by atoms with Crippen LogP contribution in [0, 0.1) is 20.8 Å². The molecule has 2 heterocycles. The SMILES string of the molecule is CCOC(=O)c1[nH]c(Cc2[nH]c(C)cc2C)c(C(C)=O)c1C. The minimum Gasteiger partial charge on any atom is -0.461 e. The number of Topliss-reactive ketones (excluding diaryl/α,β-unsaturated/α-hetero) is 1. The minimum absolute atomic E-state index is 0.0553. The number of hydrogen-bond acceptors (Lipinski definition) is 3. The molecule has 0 aromatic carbocycles. The van der Waals surface area contributed by atoms with Crippen molar-refractivity contribution in [3.8, 4) is 0 Å². The van der Waals surface area contributed by atoms with Crippen molar-refractivity contribution in [2.24, 2.45) is 0 Å². The maximum atomic E-state index is 12.0. The molecular formula is C17H22N2O3. The van der Waals surface area contributed by atoms with Crippen molar-refractivity contribution in [1.29, 1.82) is 0 Å². The van der Waals surface area contributed by atoms with Crippen LogP contribution in [0.3, 0.4) is 0 Å². The van der Waals surface area contributed by atoms with Crippen LogP contribution in [0.4, 0.5) is 0 Å². The zero-order valence-electron chi connectivity index (χ0n) is 13.7. The largest absolute Gasteiger partial charge is 0.461 e. The lowest BCUT2D eigenvalue weighted by molar-refractivity contribution is 0.0519. The van der Waals surface area contributed by atoms with Gasteiger partial charge < -0.3 is 14.7 Å². The highest BCUT2D eigenvalue weighted by Gasteiger charge is 2.23. The number of aromatic amines is 2. The van der Waals surface area contributed by atoms with Crippen LogP contribution >= 0.6 is 0 Å². The Hall–Kier alpha value is -2.30. The van der Waals surface area contributed by atoms with E-state index >= 15 is 0 Å². The molecule has 5 nitrogen and oxygen atoms in total. The fourth-order valence-corrected chi connectivity index (χ4v) is 2.82. The van der Waals surface area contributed by atoms with Gasteiger partial charge in [0.1, 0.15) is 5.69 Å². The Kier molecular flexibility index (Phi) is 4.54. The summed E-state index contributed by atoms with van der Waals surface area (Å²) in [7, 11) is 0. The Labute approximate surface area is 130 Å². The molecule has 118 valence electrons. The molecule has 0 saturated heterocycles. The van der Waals surface area contributed by atoms with Gasteiger partial charge in [-0.1, -0.05) is 0 Å². The number of esters is 1. The van der Waals surface area contributed by atoms with E-state index in [-0.39, 0.29) is 5.78 Å². The predicted octanol–water partition coefficient (Wildman–Crippen LogP) is 3.24. The molecule has 0 radical (unpaired) electrons. The smallest absolute Gasteiger partial charge is 0.355 e. The van der Waals surface area contributed by atoms with Gasteiger partial charge in [-0.15, -0.1) is 0 Å². The van der Waals surface area contributed by atoms with E-state index in [1.165, 1.54) is 6.92 Å². The summed E-state index contributed by atoms with van der Waals surface area (Å²) in [5.74, 6) is -0.478. The zero-order chi connectivity index (χ0) is 16.4. The first-order chi connectivity index (χ1) is 10.3. The van der Waals surface area contributed by atoms with Gasteiger partial charge in [0, 0.05) is 29.1 Å². The van der Waals surface area contributed by atoms with Crippen LogP contribution in [0.25, 0.3) is 0 Å². The Morgan fingerprint density at radius 3 is 2.32 bits per heavy atom. The number of carbonyl (C=O) groups is 2. The molecule has 0 spiro atoms. The molecule has 0 amide bonds. The summed E-state index contributed by atoms with van der Waals surface area (Å²) in [4.78, 5) is 30.4. The lowest BCUT2D eigenvalue weighted by Gasteiger charge is -2.02. The molecule has 0 bridgehead atoms. The number of carbonyl (C=O) groups excluding carboxylic acids is 2. The number of hydrogen-bond donors (Lipinski definition) is 2. The molecule has 22 heavy (non-hydrogen) atoms. The summed E-state index contributed by atoms with van der Waals surface area (Å²) in [6.45, 7) is 9.36. The van der Waals surface area contributed by atoms with Gasteiger partial charge in [0.25, 0.3) is 0 Å². The van der Waals surface area contributed by atoms with Crippen LogP contribution in [0.15, 0.2) is 6.07 Å². The molecule has 0 aliphatic rings. The first kappa shape index (κ1) is 16.1. The first-order valence-corrected chi connectivity index (χ1v) is 7.39. The Morgan fingerprint density at radius 1 is 1.14 bits per heavy atom. The third-order valence-electron chi connectivity index (χ3n) is 3.77. The Balaban J connectivity index is 2.46. The molecule has 0 aliphatic heterocycles. The second kappa shape index (κ2) is 6.22. The van der Waals surface area contributed by atoms with E-state index in [0.29, 0.717) is 29.8 Å². The third kappa shape index (κ3) is 2.98. The standard InChI is InChI=1S/C17H22N2O3/c1-6-22-17(21)16-11(4)15(12(5)20)14(19-16)8-13-9(2)7-10(3)18-13/h7,18-19H,6,8H2,1-5H3. The van der Waals surface area contributed by atoms with E-state index in [1.54, 1.807) is 13.8 Å². The molecule has 0 unspecified atom stereocenters. The van der Waals surface area contributed by atoms with E-state index in [9.17, 15) is 9.59 Å².